The summed E-state index contributed by atoms with van der Waals surface area (Å²) in [4.78, 5) is 13.0. The average Bonchev–Trinajstić information content (AvgIpc) is 2.27. The highest BCUT2D eigenvalue weighted by Crippen LogP contribution is 2.22. The van der Waals surface area contributed by atoms with E-state index in [2.05, 4.69) is 14.8 Å². The minimum atomic E-state index is -1.56. The van der Waals surface area contributed by atoms with E-state index in [-0.39, 0.29) is 6.61 Å². The van der Waals surface area contributed by atoms with E-state index < -0.39 is 36.6 Å². The van der Waals surface area contributed by atoms with Gasteiger partial charge in [-0.1, -0.05) is 5.11 Å². The molecule has 0 aromatic rings. The van der Waals surface area contributed by atoms with Crippen LogP contribution in [0.5, 0.6) is 0 Å². The Balaban J connectivity index is 2.68. The van der Waals surface area contributed by atoms with Crippen molar-refractivity contribution in [3.8, 4) is 0 Å². The number of carbonyl (C=O) groups is 1. The molecule has 96 valence electrons. The fraction of sp³-hybridized carbons (Fsp3) is 0.875. The summed E-state index contributed by atoms with van der Waals surface area (Å²) in [6, 6.07) is -1.30. The van der Waals surface area contributed by atoms with Crippen LogP contribution in [0, 0.1) is 0 Å². The third-order valence-electron chi connectivity index (χ3n) is 2.32. The van der Waals surface area contributed by atoms with E-state index in [4.69, 9.17) is 10.3 Å². The third-order valence-corrected chi connectivity index (χ3v) is 2.32. The largest absolute Gasteiger partial charge is 0.463 e. The molecule has 1 heterocycles. The molecule has 0 aliphatic carbocycles. The smallest absolute Gasteiger partial charge is 0.302 e. The number of esters is 1. The topological polar surface area (TPSA) is 145 Å². The van der Waals surface area contributed by atoms with E-state index in [0.717, 1.165) is 0 Å². The van der Waals surface area contributed by atoms with Crippen LogP contribution in [0.25, 0.3) is 10.4 Å². The van der Waals surface area contributed by atoms with Crippen molar-refractivity contribution >= 4 is 5.97 Å². The fourth-order valence-corrected chi connectivity index (χ4v) is 1.45. The van der Waals surface area contributed by atoms with Crippen LogP contribution in [-0.2, 0) is 14.3 Å². The number of rotatable bonds is 3. The molecule has 0 aromatic heterocycles. The van der Waals surface area contributed by atoms with Crippen LogP contribution in [0.1, 0.15) is 6.92 Å². The predicted octanol–water partition coefficient (Wildman–Crippen LogP) is -1.33. The number of ether oxygens (including phenoxy) is 2. The van der Waals surface area contributed by atoms with E-state index in [1.165, 1.54) is 6.92 Å². The predicted molar refractivity (Wildman–Crippen MR) is 52.5 cm³/mol. The van der Waals surface area contributed by atoms with E-state index >= 15 is 0 Å². The Morgan fingerprint density at radius 1 is 1.47 bits per heavy atom. The van der Waals surface area contributed by atoms with Crippen LogP contribution >= 0.6 is 0 Å². The molecular weight excluding hydrogens is 234 g/mol. The molecule has 0 radical (unpaired) electrons. The summed E-state index contributed by atoms with van der Waals surface area (Å²) in [6.07, 6.45) is -5.55. The second-order valence-electron chi connectivity index (χ2n) is 3.54. The minimum Gasteiger partial charge on any atom is -0.463 e. The SMILES string of the molecule is CC(=O)OCC1O[C@@H](O)[C@@H](N=[N+]=[N-])C(O)[C@@H]1O. The first-order valence-electron chi connectivity index (χ1n) is 4.84. The highest BCUT2D eigenvalue weighted by Gasteiger charge is 2.43. The van der Waals surface area contributed by atoms with Gasteiger partial charge in [0.05, 0.1) is 6.10 Å². The highest BCUT2D eigenvalue weighted by molar-refractivity contribution is 5.65. The van der Waals surface area contributed by atoms with Crippen molar-refractivity contribution in [2.75, 3.05) is 6.61 Å². The van der Waals surface area contributed by atoms with E-state index in [0.29, 0.717) is 0 Å². The third kappa shape index (κ3) is 3.29. The molecule has 2 unspecified atom stereocenters. The Bertz CT molecular complexity index is 331. The number of nitrogens with zero attached hydrogens (tertiary/aromatic N) is 3. The lowest BCUT2D eigenvalue weighted by atomic mass is 9.98. The first-order chi connectivity index (χ1) is 7.97. The Kier molecular flexibility index (Phi) is 4.67. The number of azide groups is 1. The monoisotopic (exact) mass is 247 g/mol. The molecule has 9 heteroatoms. The molecule has 0 bridgehead atoms. The summed E-state index contributed by atoms with van der Waals surface area (Å²) >= 11 is 0. The number of hydrogen-bond donors (Lipinski definition) is 3. The molecular formula is C8H13N3O6. The van der Waals surface area contributed by atoms with Crippen LogP contribution in [0.4, 0.5) is 0 Å². The van der Waals surface area contributed by atoms with Crippen molar-refractivity contribution in [1.82, 2.24) is 0 Å². The zero-order chi connectivity index (χ0) is 13.0. The molecule has 0 amide bonds. The summed E-state index contributed by atoms with van der Waals surface area (Å²) in [5, 5.41) is 31.7. The zero-order valence-corrected chi connectivity index (χ0v) is 9.00. The van der Waals surface area contributed by atoms with Crippen LogP contribution in [0.15, 0.2) is 5.11 Å². The Labute approximate surface area is 96.2 Å². The molecule has 1 rings (SSSR count). The van der Waals surface area contributed by atoms with Crippen LogP contribution < -0.4 is 0 Å². The van der Waals surface area contributed by atoms with Gasteiger partial charge in [-0.2, -0.15) is 0 Å². The maximum Gasteiger partial charge on any atom is 0.302 e. The standard InChI is InChI=1S/C8H13N3O6/c1-3(12)16-2-4-6(13)7(14)5(10-11-9)8(15)17-4/h4-8,13-15H,2H2,1H3/t4?,5-,6+,7?,8+/m0/s1. The molecule has 9 nitrogen and oxygen atoms in total. The first-order valence-corrected chi connectivity index (χ1v) is 4.84. The van der Waals surface area contributed by atoms with Gasteiger partial charge in [-0.05, 0) is 5.53 Å². The Morgan fingerprint density at radius 2 is 2.12 bits per heavy atom. The summed E-state index contributed by atoms with van der Waals surface area (Å²) in [5.74, 6) is -0.582. The zero-order valence-electron chi connectivity index (χ0n) is 9.00. The van der Waals surface area contributed by atoms with Gasteiger partial charge in [-0.3, -0.25) is 4.79 Å². The fourth-order valence-electron chi connectivity index (χ4n) is 1.45. The van der Waals surface area contributed by atoms with E-state index in [1.54, 1.807) is 0 Å². The molecule has 0 saturated carbocycles. The van der Waals surface area contributed by atoms with Gasteiger partial charge in [0.25, 0.3) is 0 Å². The summed E-state index contributed by atoms with van der Waals surface area (Å²) in [6.45, 7) is 0.860. The van der Waals surface area contributed by atoms with Crippen molar-refractivity contribution in [1.29, 1.82) is 0 Å². The van der Waals surface area contributed by atoms with Gasteiger partial charge < -0.3 is 24.8 Å². The Morgan fingerprint density at radius 3 is 2.65 bits per heavy atom. The lowest BCUT2D eigenvalue weighted by Crippen LogP contribution is -2.57. The molecule has 1 fully saturated rings. The van der Waals surface area contributed by atoms with Crippen LogP contribution in [0.3, 0.4) is 0 Å². The molecule has 3 N–H and O–H groups in total. The quantitative estimate of drug-likeness (QED) is 0.244. The maximum absolute atomic E-state index is 10.6. The molecule has 0 aromatic carbocycles. The van der Waals surface area contributed by atoms with Gasteiger partial charge in [0, 0.05) is 11.8 Å². The lowest BCUT2D eigenvalue weighted by Gasteiger charge is -2.38. The molecule has 1 aliphatic rings. The van der Waals surface area contributed by atoms with Crippen molar-refractivity contribution in [3.05, 3.63) is 10.4 Å². The molecule has 1 saturated heterocycles. The minimum absolute atomic E-state index is 0.312. The van der Waals surface area contributed by atoms with Crippen molar-refractivity contribution in [3.63, 3.8) is 0 Å². The lowest BCUT2D eigenvalue weighted by molar-refractivity contribution is -0.250. The second kappa shape index (κ2) is 5.80. The number of aliphatic hydroxyl groups is 3. The van der Waals surface area contributed by atoms with Crippen molar-refractivity contribution < 1.29 is 29.6 Å². The summed E-state index contributed by atoms with van der Waals surface area (Å²) in [7, 11) is 0. The molecule has 17 heavy (non-hydrogen) atoms. The van der Waals surface area contributed by atoms with Crippen LogP contribution in [0.2, 0.25) is 0 Å². The van der Waals surface area contributed by atoms with E-state index in [9.17, 15) is 20.1 Å². The average molecular weight is 247 g/mol. The van der Waals surface area contributed by atoms with Gasteiger partial charge in [0.15, 0.2) is 6.29 Å². The highest BCUT2D eigenvalue weighted by atomic mass is 16.6. The number of carbonyl (C=O) groups excluding carboxylic acids is 1. The Hall–Kier alpha value is -1.38. The molecule has 1 aliphatic heterocycles. The van der Waals surface area contributed by atoms with Gasteiger partial charge >= 0.3 is 5.97 Å². The van der Waals surface area contributed by atoms with Crippen molar-refractivity contribution in [2.45, 2.75) is 37.6 Å². The van der Waals surface area contributed by atoms with Crippen molar-refractivity contribution in [2.24, 2.45) is 5.11 Å². The van der Waals surface area contributed by atoms with Crippen LogP contribution in [-0.4, -0.2) is 58.5 Å². The summed E-state index contributed by atoms with van der Waals surface area (Å²) < 4.78 is 9.48. The van der Waals surface area contributed by atoms with Gasteiger partial charge in [0.2, 0.25) is 0 Å². The van der Waals surface area contributed by atoms with Gasteiger partial charge in [-0.15, -0.1) is 0 Å². The molecule has 5 atom stereocenters. The van der Waals surface area contributed by atoms with Gasteiger partial charge in [0.1, 0.15) is 24.9 Å². The van der Waals surface area contributed by atoms with Gasteiger partial charge in [-0.25, -0.2) is 0 Å². The normalized spacial score (nSPS) is 37.1. The van der Waals surface area contributed by atoms with E-state index in [1.807, 2.05) is 0 Å². The number of aliphatic hydroxyl groups excluding tert-OH is 3. The second-order valence-corrected chi connectivity index (χ2v) is 3.54. The first kappa shape index (κ1) is 13.7. The maximum atomic E-state index is 10.6. The molecule has 0 spiro atoms. The number of hydrogen-bond acceptors (Lipinski definition) is 7. The summed E-state index contributed by atoms with van der Waals surface area (Å²) in [5.41, 5.74) is 8.21.